The molecule has 1 heterocycles. The standard InChI is InChI=1S/C13H26N2O2S/c1-2-12(14)7-6-10-18(17)11-13(16)15-8-4-3-5-9-15/h12H,2-11,14H2,1H3. The Labute approximate surface area is 113 Å². The van der Waals surface area contributed by atoms with Crippen molar-refractivity contribution in [3.05, 3.63) is 0 Å². The molecule has 106 valence electrons. The van der Waals surface area contributed by atoms with E-state index in [9.17, 15) is 9.00 Å². The third-order valence-corrected chi connectivity index (χ3v) is 4.78. The van der Waals surface area contributed by atoms with Gasteiger partial charge in [-0.05, 0) is 38.5 Å². The zero-order chi connectivity index (χ0) is 13.4. The zero-order valence-corrected chi connectivity index (χ0v) is 12.2. The van der Waals surface area contributed by atoms with Gasteiger partial charge in [0.2, 0.25) is 5.91 Å². The van der Waals surface area contributed by atoms with E-state index in [0.29, 0.717) is 5.75 Å². The first kappa shape index (κ1) is 15.6. The summed E-state index contributed by atoms with van der Waals surface area (Å²) in [5, 5.41) is 0. The SMILES string of the molecule is CCC(N)CCCS(=O)CC(=O)N1CCCCC1. The molecule has 1 saturated heterocycles. The number of nitrogens with two attached hydrogens (primary N) is 1. The van der Waals surface area contributed by atoms with Gasteiger partial charge in [-0.25, -0.2) is 0 Å². The van der Waals surface area contributed by atoms with Gasteiger partial charge in [0.25, 0.3) is 0 Å². The summed E-state index contributed by atoms with van der Waals surface area (Å²) in [7, 11) is -1.02. The second-order valence-corrected chi connectivity index (χ2v) is 6.62. The van der Waals surface area contributed by atoms with E-state index in [4.69, 9.17) is 5.73 Å². The van der Waals surface area contributed by atoms with Crippen LogP contribution in [0.4, 0.5) is 0 Å². The van der Waals surface area contributed by atoms with E-state index in [2.05, 4.69) is 6.92 Å². The molecule has 1 rings (SSSR count). The lowest BCUT2D eigenvalue weighted by atomic mass is 10.1. The average Bonchev–Trinajstić information content (AvgIpc) is 2.39. The van der Waals surface area contributed by atoms with E-state index in [0.717, 1.165) is 45.2 Å². The molecule has 2 unspecified atom stereocenters. The Hall–Kier alpha value is -0.420. The number of nitrogens with zero attached hydrogens (tertiary/aromatic N) is 1. The van der Waals surface area contributed by atoms with Crippen molar-refractivity contribution in [3.8, 4) is 0 Å². The number of rotatable bonds is 7. The van der Waals surface area contributed by atoms with Crippen LogP contribution in [-0.2, 0) is 15.6 Å². The predicted octanol–water partition coefficient (Wildman–Crippen LogP) is 1.27. The van der Waals surface area contributed by atoms with Crippen molar-refractivity contribution < 1.29 is 9.00 Å². The molecule has 0 aromatic rings. The first-order valence-corrected chi connectivity index (χ1v) is 8.50. The summed E-state index contributed by atoms with van der Waals surface area (Å²) in [6.07, 6.45) is 6.10. The van der Waals surface area contributed by atoms with E-state index in [-0.39, 0.29) is 17.7 Å². The van der Waals surface area contributed by atoms with Gasteiger partial charge in [-0.3, -0.25) is 9.00 Å². The summed E-state index contributed by atoms with van der Waals surface area (Å²) in [5.74, 6) is 0.863. The third kappa shape index (κ3) is 5.96. The summed E-state index contributed by atoms with van der Waals surface area (Å²) < 4.78 is 11.8. The number of piperidine rings is 1. The fraction of sp³-hybridized carbons (Fsp3) is 0.923. The molecule has 0 radical (unpaired) electrons. The van der Waals surface area contributed by atoms with Crippen molar-refractivity contribution in [2.24, 2.45) is 5.73 Å². The van der Waals surface area contributed by atoms with Crippen molar-refractivity contribution in [3.63, 3.8) is 0 Å². The van der Waals surface area contributed by atoms with Gasteiger partial charge in [0.1, 0.15) is 5.75 Å². The molecule has 0 bridgehead atoms. The summed E-state index contributed by atoms with van der Waals surface area (Å²) >= 11 is 0. The minimum atomic E-state index is -1.02. The van der Waals surface area contributed by atoms with Crippen LogP contribution in [0.2, 0.25) is 0 Å². The summed E-state index contributed by atoms with van der Waals surface area (Å²) in [5.41, 5.74) is 5.80. The summed E-state index contributed by atoms with van der Waals surface area (Å²) in [4.78, 5) is 13.7. The van der Waals surface area contributed by atoms with Gasteiger partial charge < -0.3 is 10.6 Å². The van der Waals surface area contributed by atoms with Crippen LogP contribution >= 0.6 is 0 Å². The van der Waals surface area contributed by atoms with Gasteiger partial charge in [0, 0.05) is 35.7 Å². The second kappa shape index (κ2) is 8.64. The minimum absolute atomic E-state index is 0.0628. The third-order valence-electron chi connectivity index (χ3n) is 3.46. The molecule has 4 nitrogen and oxygen atoms in total. The van der Waals surface area contributed by atoms with E-state index in [1.807, 2.05) is 4.90 Å². The molecule has 1 fully saturated rings. The lowest BCUT2D eigenvalue weighted by Gasteiger charge is -2.26. The summed E-state index contributed by atoms with van der Waals surface area (Å²) in [6.45, 7) is 3.75. The van der Waals surface area contributed by atoms with Gasteiger partial charge in [0.05, 0.1) is 0 Å². The smallest absolute Gasteiger partial charge is 0.235 e. The van der Waals surface area contributed by atoms with Crippen molar-refractivity contribution in [1.82, 2.24) is 4.90 Å². The molecule has 0 aliphatic carbocycles. The highest BCUT2D eigenvalue weighted by Crippen LogP contribution is 2.09. The fourth-order valence-corrected chi connectivity index (χ4v) is 3.25. The zero-order valence-electron chi connectivity index (χ0n) is 11.4. The quantitative estimate of drug-likeness (QED) is 0.760. The molecule has 2 N–H and O–H groups in total. The van der Waals surface area contributed by atoms with Crippen molar-refractivity contribution >= 4 is 16.7 Å². The maximum Gasteiger partial charge on any atom is 0.235 e. The normalized spacial score (nSPS) is 19.6. The van der Waals surface area contributed by atoms with Crippen LogP contribution in [0.5, 0.6) is 0 Å². The van der Waals surface area contributed by atoms with Gasteiger partial charge in [-0.2, -0.15) is 0 Å². The lowest BCUT2D eigenvalue weighted by molar-refractivity contribution is -0.129. The summed E-state index contributed by atoms with van der Waals surface area (Å²) in [6, 6.07) is 0.208. The first-order valence-electron chi connectivity index (χ1n) is 7.01. The van der Waals surface area contributed by atoms with Crippen LogP contribution < -0.4 is 5.73 Å². The van der Waals surface area contributed by atoms with Gasteiger partial charge >= 0.3 is 0 Å². The van der Waals surface area contributed by atoms with Gasteiger partial charge in [0.15, 0.2) is 0 Å². The van der Waals surface area contributed by atoms with Crippen molar-refractivity contribution in [2.45, 2.75) is 51.5 Å². The van der Waals surface area contributed by atoms with Crippen LogP contribution in [0.3, 0.4) is 0 Å². The van der Waals surface area contributed by atoms with E-state index < -0.39 is 10.8 Å². The molecular weight excluding hydrogens is 248 g/mol. The number of amides is 1. The lowest BCUT2D eigenvalue weighted by Crippen LogP contribution is -2.38. The van der Waals surface area contributed by atoms with Crippen LogP contribution in [0, 0.1) is 0 Å². The maximum atomic E-state index is 11.9. The highest BCUT2D eigenvalue weighted by Gasteiger charge is 2.18. The molecular formula is C13H26N2O2S. The maximum absolute atomic E-state index is 11.9. The topological polar surface area (TPSA) is 63.4 Å². The number of hydrogen-bond donors (Lipinski definition) is 1. The Morgan fingerprint density at radius 1 is 1.33 bits per heavy atom. The molecule has 1 amide bonds. The number of carbonyl (C=O) groups excluding carboxylic acids is 1. The van der Waals surface area contributed by atoms with E-state index in [1.54, 1.807) is 0 Å². The Kier molecular flexibility index (Phi) is 7.51. The van der Waals surface area contributed by atoms with Gasteiger partial charge in [-0.1, -0.05) is 6.92 Å². The first-order chi connectivity index (χ1) is 8.63. The average molecular weight is 274 g/mol. The van der Waals surface area contributed by atoms with Crippen molar-refractivity contribution in [1.29, 1.82) is 0 Å². The van der Waals surface area contributed by atoms with Crippen LogP contribution in [0.1, 0.15) is 45.4 Å². The van der Waals surface area contributed by atoms with Gasteiger partial charge in [-0.15, -0.1) is 0 Å². The molecule has 2 atom stereocenters. The minimum Gasteiger partial charge on any atom is -0.342 e. The van der Waals surface area contributed by atoms with E-state index >= 15 is 0 Å². The number of likely N-dealkylation sites (tertiary alicyclic amines) is 1. The van der Waals surface area contributed by atoms with Crippen molar-refractivity contribution in [2.75, 3.05) is 24.6 Å². The molecule has 18 heavy (non-hydrogen) atoms. The van der Waals surface area contributed by atoms with Crippen LogP contribution in [0.15, 0.2) is 0 Å². The molecule has 1 aliphatic heterocycles. The molecule has 0 saturated carbocycles. The molecule has 1 aliphatic rings. The molecule has 0 aromatic heterocycles. The molecule has 0 spiro atoms. The molecule has 0 aromatic carbocycles. The Morgan fingerprint density at radius 3 is 2.61 bits per heavy atom. The Morgan fingerprint density at radius 2 is 2.00 bits per heavy atom. The predicted molar refractivity (Wildman–Crippen MR) is 75.8 cm³/mol. The Balaban J connectivity index is 2.16. The number of hydrogen-bond acceptors (Lipinski definition) is 3. The number of carbonyl (C=O) groups is 1. The Bertz CT molecular complexity index is 278. The highest BCUT2D eigenvalue weighted by atomic mass is 32.2. The second-order valence-electron chi connectivity index (χ2n) is 5.04. The van der Waals surface area contributed by atoms with E-state index in [1.165, 1.54) is 6.42 Å². The largest absolute Gasteiger partial charge is 0.342 e. The van der Waals surface area contributed by atoms with Crippen LogP contribution in [0.25, 0.3) is 0 Å². The fourth-order valence-electron chi connectivity index (χ4n) is 2.16. The highest BCUT2D eigenvalue weighted by molar-refractivity contribution is 7.85. The monoisotopic (exact) mass is 274 g/mol. The molecule has 5 heteroatoms. The van der Waals surface area contributed by atoms with Crippen LogP contribution in [-0.4, -0.2) is 45.7 Å².